The number of nitrogens with zero attached hydrogens (tertiary/aromatic N) is 1. The zero-order chi connectivity index (χ0) is 12.4. The maximum absolute atomic E-state index is 12.2. The summed E-state index contributed by atoms with van der Waals surface area (Å²) in [6, 6.07) is -0.455. The SMILES string of the molecule is CNCCS(=O)(=O)N(CC(F)(F)F)C1CC1. The topological polar surface area (TPSA) is 49.4 Å². The molecule has 0 spiro atoms. The van der Waals surface area contributed by atoms with E-state index >= 15 is 0 Å². The largest absolute Gasteiger partial charge is 0.402 e. The third kappa shape index (κ3) is 4.26. The molecule has 1 aliphatic rings. The van der Waals surface area contributed by atoms with Crippen molar-refractivity contribution in [2.24, 2.45) is 0 Å². The monoisotopic (exact) mass is 260 g/mol. The first-order valence-corrected chi connectivity index (χ1v) is 6.58. The molecule has 8 heteroatoms. The van der Waals surface area contributed by atoms with Crippen molar-refractivity contribution in [2.75, 3.05) is 25.9 Å². The molecular weight excluding hydrogens is 245 g/mol. The minimum absolute atomic E-state index is 0.156. The smallest absolute Gasteiger partial charge is 0.319 e. The molecule has 0 unspecified atom stereocenters. The Balaban J connectivity index is 2.69. The molecule has 0 atom stereocenters. The quantitative estimate of drug-likeness (QED) is 0.759. The molecule has 0 radical (unpaired) electrons. The molecule has 0 aliphatic heterocycles. The fourth-order valence-corrected chi connectivity index (χ4v) is 3.05. The zero-order valence-electron chi connectivity index (χ0n) is 8.92. The molecule has 96 valence electrons. The second kappa shape index (κ2) is 4.89. The summed E-state index contributed by atoms with van der Waals surface area (Å²) in [7, 11) is -2.25. The molecule has 16 heavy (non-hydrogen) atoms. The van der Waals surface area contributed by atoms with Gasteiger partial charge >= 0.3 is 6.18 Å². The van der Waals surface area contributed by atoms with Crippen LogP contribution in [-0.4, -0.2) is 50.8 Å². The van der Waals surface area contributed by atoms with Crippen LogP contribution >= 0.6 is 0 Å². The van der Waals surface area contributed by atoms with Crippen LogP contribution in [-0.2, 0) is 10.0 Å². The van der Waals surface area contributed by atoms with Gasteiger partial charge in [-0.15, -0.1) is 0 Å². The third-order valence-electron chi connectivity index (χ3n) is 2.26. The van der Waals surface area contributed by atoms with Gasteiger partial charge in [-0.25, -0.2) is 8.42 Å². The Labute approximate surface area is 92.9 Å². The summed E-state index contributed by atoms with van der Waals surface area (Å²) in [5.74, 6) is -0.296. The minimum atomic E-state index is -4.48. The van der Waals surface area contributed by atoms with Gasteiger partial charge < -0.3 is 5.32 Å². The van der Waals surface area contributed by atoms with Crippen LogP contribution < -0.4 is 5.32 Å². The molecule has 1 aliphatic carbocycles. The van der Waals surface area contributed by atoms with Gasteiger partial charge in [0.15, 0.2) is 0 Å². The maximum Gasteiger partial charge on any atom is 0.402 e. The Morgan fingerprint density at radius 2 is 1.94 bits per heavy atom. The first-order valence-electron chi connectivity index (χ1n) is 4.97. The van der Waals surface area contributed by atoms with Crippen LogP contribution in [0.1, 0.15) is 12.8 Å². The molecule has 1 saturated carbocycles. The number of hydrogen-bond donors (Lipinski definition) is 1. The van der Waals surface area contributed by atoms with Gasteiger partial charge in [0.2, 0.25) is 10.0 Å². The molecule has 1 fully saturated rings. The highest BCUT2D eigenvalue weighted by molar-refractivity contribution is 7.89. The average molecular weight is 260 g/mol. The first kappa shape index (κ1) is 13.7. The Morgan fingerprint density at radius 1 is 1.38 bits per heavy atom. The Morgan fingerprint density at radius 3 is 2.31 bits per heavy atom. The minimum Gasteiger partial charge on any atom is -0.319 e. The molecule has 0 bridgehead atoms. The molecule has 1 N–H and O–H groups in total. The van der Waals surface area contributed by atoms with E-state index in [-0.39, 0.29) is 12.3 Å². The van der Waals surface area contributed by atoms with Crippen LogP contribution in [0.2, 0.25) is 0 Å². The summed E-state index contributed by atoms with van der Waals surface area (Å²) in [6.45, 7) is -1.22. The van der Waals surface area contributed by atoms with Gasteiger partial charge in [-0.3, -0.25) is 0 Å². The van der Waals surface area contributed by atoms with Crippen LogP contribution in [0.4, 0.5) is 13.2 Å². The molecule has 0 aromatic carbocycles. The van der Waals surface area contributed by atoms with Gasteiger partial charge in [-0.2, -0.15) is 17.5 Å². The van der Waals surface area contributed by atoms with Crippen molar-refractivity contribution in [1.29, 1.82) is 0 Å². The lowest BCUT2D eigenvalue weighted by atomic mass is 10.6. The van der Waals surface area contributed by atoms with Crippen LogP contribution in [0.25, 0.3) is 0 Å². The van der Waals surface area contributed by atoms with E-state index < -0.39 is 28.8 Å². The predicted molar refractivity (Wildman–Crippen MR) is 53.5 cm³/mol. The van der Waals surface area contributed by atoms with E-state index in [0.29, 0.717) is 17.1 Å². The summed E-state index contributed by atoms with van der Waals surface area (Å²) < 4.78 is 60.5. The normalized spacial score (nSPS) is 18.1. The van der Waals surface area contributed by atoms with Crippen molar-refractivity contribution in [3.63, 3.8) is 0 Å². The number of sulfonamides is 1. The van der Waals surface area contributed by atoms with E-state index in [1.165, 1.54) is 0 Å². The highest BCUT2D eigenvalue weighted by atomic mass is 32.2. The summed E-state index contributed by atoms with van der Waals surface area (Å²) in [4.78, 5) is 0. The van der Waals surface area contributed by atoms with Crippen LogP contribution in [0.5, 0.6) is 0 Å². The van der Waals surface area contributed by atoms with Gasteiger partial charge in [0.05, 0.1) is 5.75 Å². The first-order chi connectivity index (χ1) is 7.26. The van der Waals surface area contributed by atoms with Crippen LogP contribution in [0.3, 0.4) is 0 Å². The van der Waals surface area contributed by atoms with Gasteiger partial charge in [-0.1, -0.05) is 0 Å². The summed E-state index contributed by atoms with van der Waals surface area (Å²) in [5.41, 5.74) is 0. The lowest BCUT2D eigenvalue weighted by molar-refractivity contribution is -0.136. The predicted octanol–water partition coefficient (Wildman–Crippen LogP) is 0.562. The zero-order valence-corrected chi connectivity index (χ0v) is 9.74. The number of hydrogen-bond acceptors (Lipinski definition) is 3. The third-order valence-corrected chi connectivity index (χ3v) is 4.12. The maximum atomic E-state index is 12.2. The number of halogens is 3. The van der Waals surface area contributed by atoms with Crippen molar-refractivity contribution >= 4 is 10.0 Å². The van der Waals surface area contributed by atoms with Crippen LogP contribution in [0.15, 0.2) is 0 Å². The molecule has 1 rings (SSSR count). The highest BCUT2D eigenvalue weighted by Gasteiger charge is 2.43. The number of rotatable bonds is 6. The lowest BCUT2D eigenvalue weighted by Crippen LogP contribution is -2.43. The van der Waals surface area contributed by atoms with Crippen molar-refractivity contribution < 1.29 is 21.6 Å². The van der Waals surface area contributed by atoms with E-state index in [9.17, 15) is 21.6 Å². The van der Waals surface area contributed by atoms with E-state index in [2.05, 4.69) is 5.32 Å². The standard InChI is InChI=1S/C8H15F3N2O2S/c1-12-4-5-16(14,15)13(7-2-3-7)6-8(9,10)11/h7,12H,2-6H2,1H3. The number of alkyl halides is 3. The Hall–Kier alpha value is -0.340. The highest BCUT2D eigenvalue weighted by Crippen LogP contribution is 2.32. The Bertz CT molecular complexity index is 325. The second-order valence-electron chi connectivity index (χ2n) is 3.81. The summed E-state index contributed by atoms with van der Waals surface area (Å²) in [6.07, 6.45) is -3.43. The molecule has 0 aromatic rings. The van der Waals surface area contributed by atoms with Crippen molar-refractivity contribution in [3.05, 3.63) is 0 Å². The van der Waals surface area contributed by atoms with Crippen molar-refractivity contribution in [3.8, 4) is 0 Å². The van der Waals surface area contributed by atoms with Gasteiger partial charge in [0.25, 0.3) is 0 Å². The molecule has 0 saturated heterocycles. The second-order valence-corrected chi connectivity index (χ2v) is 5.85. The number of nitrogens with one attached hydrogen (secondary N) is 1. The van der Waals surface area contributed by atoms with E-state index in [4.69, 9.17) is 0 Å². The molecule has 0 aromatic heterocycles. The van der Waals surface area contributed by atoms with Gasteiger partial charge in [-0.05, 0) is 19.9 Å². The van der Waals surface area contributed by atoms with Crippen molar-refractivity contribution in [1.82, 2.24) is 9.62 Å². The van der Waals surface area contributed by atoms with Crippen LogP contribution in [0, 0.1) is 0 Å². The molecule has 4 nitrogen and oxygen atoms in total. The van der Waals surface area contributed by atoms with E-state index in [1.54, 1.807) is 7.05 Å². The fraction of sp³-hybridized carbons (Fsp3) is 1.00. The van der Waals surface area contributed by atoms with E-state index in [1.807, 2.05) is 0 Å². The van der Waals surface area contributed by atoms with E-state index in [0.717, 1.165) is 0 Å². The lowest BCUT2D eigenvalue weighted by Gasteiger charge is -2.22. The molecule has 0 heterocycles. The average Bonchev–Trinajstić information content (AvgIpc) is 2.92. The molecule has 0 amide bonds. The van der Waals surface area contributed by atoms with Crippen molar-refractivity contribution in [2.45, 2.75) is 25.1 Å². The Kier molecular flexibility index (Phi) is 4.19. The summed E-state index contributed by atoms with van der Waals surface area (Å²) >= 11 is 0. The fourth-order valence-electron chi connectivity index (χ4n) is 1.34. The summed E-state index contributed by atoms with van der Waals surface area (Å²) in [5, 5.41) is 2.61. The van der Waals surface area contributed by atoms with Gasteiger partial charge in [0, 0.05) is 12.6 Å². The van der Waals surface area contributed by atoms with Gasteiger partial charge in [0.1, 0.15) is 6.54 Å². The molecular formula is C8H15F3N2O2S.